The van der Waals surface area contributed by atoms with Crippen LogP contribution >= 0.6 is 11.6 Å². The Morgan fingerprint density at radius 1 is 1.16 bits per heavy atom. The Morgan fingerprint density at radius 3 is 2.37 bits per heavy atom. The van der Waals surface area contributed by atoms with Crippen LogP contribution in [0.15, 0.2) is 24.3 Å². The summed E-state index contributed by atoms with van der Waals surface area (Å²) >= 11 is 6.27. The summed E-state index contributed by atoms with van der Waals surface area (Å²) in [6.07, 6.45) is 1.14. The van der Waals surface area contributed by atoms with Crippen LogP contribution in [0, 0.1) is 0 Å². The van der Waals surface area contributed by atoms with Crippen molar-refractivity contribution in [1.82, 2.24) is 10.2 Å². The lowest BCUT2D eigenvalue weighted by Gasteiger charge is -2.32. The number of hydrogen-bond donors (Lipinski definition) is 1. The molecule has 108 valence electrons. The number of hydrogen-bond acceptors (Lipinski definition) is 2. The van der Waals surface area contributed by atoms with Crippen LogP contribution in [0.5, 0.6) is 0 Å². The molecule has 2 unspecified atom stereocenters. The molecular weight excluding hydrogens is 256 g/mol. The molecule has 0 fully saturated rings. The Balaban J connectivity index is 2.56. The second-order valence-electron chi connectivity index (χ2n) is 5.61. The lowest BCUT2D eigenvalue weighted by atomic mass is 10.0. The Hall–Kier alpha value is -0.570. The molecule has 2 nitrogen and oxygen atoms in total. The van der Waals surface area contributed by atoms with Crippen molar-refractivity contribution >= 4 is 11.6 Å². The Labute approximate surface area is 123 Å². The Kier molecular flexibility index (Phi) is 6.84. The van der Waals surface area contributed by atoms with Crippen molar-refractivity contribution in [3.63, 3.8) is 0 Å². The zero-order valence-corrected chi connectivity index (χ0v) is 13.5. The first-order chi connectivity index (χ1) is 8.93. The first-order valence-corrected chi connectivity index (χ1v) is 7.51. The van der Waals surface area contributed by atoms with Crippen LogP contribution < -0.4 is 5.32 Å². The highest BCUT2D eigenvalue weighted by molar-refractivity contribution is 6.31. The van der Waals surface area contributed by atoms with Gasteiger partial charge < -0.3 is 5.32 Å². The van der Waals surface area contributed by atoms with Crippen LogP contribution in [0.1, 0.15) is 45.7 Å². The van der Waals surface area contributed by atoms with Crippen LogP contribution in [0.3, 0.4) is 0 Å². The van der Waals surface area contributed by atoms with Crippen molar-refractivity contribution in [2.75, 3.05) is 13.6 Å². The zero-order valence-electron chi connectivity index (χ0n) is 12.8. The minimum Gasteiger partial charge on any atom is -0.314 e. The third-order valence-electron chi connectivity index (χ3n) is 3.78. The summed E-state index contributed by atoms with van der Waals surface area (Å²) in [6, 6.07) is 9.53. The quantitative estimate of drug-likeness (QED) is 0.810. The first kappa shape index (κ1) is 16.5. The van der Waals surface area contributed by atoms with E-state index in [4.69, 9.17) is 11.6 Å². The van der Waals surface area contributed by atoms with Gasteiger partial charge in [0.2, 0.25) is 0 Å². The lowest BCUT2D eigenvalue weighted by molar-refractivity contribution is 0.187. The van der Waals surface area contributed by atoms with Gasteiger partial charge in [0.1, 0.15) is 0 Å². The van der Waals surface area contributed by atoms with Gasteiger partial charge in [0, 0.05) is 23.1 Å². The first-order valence-electron chi connectivity index (χ1n) is 7.13. The highest BCUT2D eigenvalue weighted by atomic mass is 35.5. The molecule has 0 aliphatic heterocycles. The van der Waals surface area contributed by atoms with Crippen LogP contribution in [0.2, 0.25) is 5.02 Å². The Morgan fingerprint density at radius 2 is 1.79 bits per heavy atom. The molecule has 0 amide bonds. The number of halogens is 1. The van der Waals surface area contributed by atoms with Crippen molar-refractivity contribution in [1.29, 1.82) is 0 Å². The zero-order chi connectivity index (χ0) is 14.4. The average Bonchev–Trinajstić information content (AvgIpc) is 2.37. The van der Waals surface area contributed by atoms with E-state index in [1.165, 1.54) is 5.56 Å². The largest absolute Gasteiger partial charge is 0.314 e. The third kappa shape index (κ3) is 5.13. The second kappa shape index (κ2) is 7.88. The van der Waals surface area contributed by atoms with Crippen LogP contribution in [0.25, 0.3) is 0 Å². The van der Waals surface area contributed by atoms with Gasteiger partial charge in [-0.3, -0.25) is 4.90 Å². The molecule has 0 bridgehead atoms. The number of rotatable bonds is 7. The van der Waals surface area contributed by atoms with Gasteiger partial charge in [-0.2, -0.15) is 0 Å². The van der Waals surface area contributed by atoms with Gasteiger partial charge in [-0.25, -0.2) is 0 Å². The predicted octanol–water partition coefficient (Wildman–Crippen LogP) is 4.11. The molecule has 2 atom stereocenters. The fraction of sp³-hybridized carbons (Fsp3) is 0.625. The minimum atomic E-state index is 0.336. The second-order valence-corrected chi connectivity index (χ2v) is 6.02. The fourth-order valence-electron chi connectivity index (χ4n) is 2.20. The van der Waals surface area contributed by atoms with Crippen molar-refractivity contribution in [2.24, 2.45) is 0 Å². The topological polar surface area (TPSA) is 15.3 Å². The van der Waals surface area contributed by atoms with E-state index in [1.54, 1.807) is 0 Å². The molecule has 0 spiro atoms. The summed E-state index contributed by atoms with van der Waals surface area (Å²) in [6.45, 7) is 9.91. The van der Waals surface area contributed by atoms with E-state index < -0.39 is 0 Å². The van der Waals surface area contributed by atoms with Gasteiger partial charge >= 0.3 is 0 Å². The summed E-state index contributed by atoms with van der Waals surface area (Å²) in [7, 11) is 2.17. The van der Waals surface area contributed by atoms with Gasteiger partial charge in [0.05, 0.1) is 0 Å². The fourth-order valence-corrected chi connectivity index (χ4v) is 2.49. The predicted molar refractivity (Wildman–Crippen MR) is 84.8 cm³/mol. The molecule has 1 aromatic rings. The summed E-state index contributed by atoms with van der Waals surface area (Å²) in [5, 5.41) is 4.32. The van der Waals surface area contributed by atoms with Crippen molar-refractivity contribution in [3.05, 3.63) is 34.9 Å². The molecule has 1 rings (SSSR count). The highest BCUT2D eigenvalue weighted by Crippen LogP contribution is 2.27. The SMILES string of the molecule is CC(C)NCCC(C)N(C)C(C)c1ccccc1Cl. The molecule has 0 aliphatic carbocycles. The monoisotopic (exact) mass is 282 g/mol. The minimum absolute atomic E-state index is 0.336. The maximum absolute atomic E-state index is 6.27. The maximum Gasteiger partial charge on any atom is 0.0453 e. The summed E-state index contributed by atoms with van der Waals surface area (Å²) in [5.74, 6) is 0. The van der Waals surface area contributed by atoms with E-state index in [2.05, 4.69) is 57.1 Å². The van der Waals surface area contributed by atoms with E-state index in [1.807, 2.05) is 12.1 Å². The van der Waals surface area contributed by atoms with Gasteiger partial charge in [-0.05, 0) is 45.5 Å². The molecule has 3 heteroatoms. The molecular formula is C16H27ClN2. The van der Waals surface area contributed by atoms with Gasteiger partial charge in [-0.15, -0.1) is 0 Å². The summed E-state index contributed by atoms with van der Waals surface area (Å²) in [5.41, 5.74) is 1.20. The molecule has 1 aromatic carbocycles. The van der Waals surface area contributed by atoms with Gasteiger partial charge in [-0.1, -0.05) is 43.6 Å². The number of nitrogens with one attached hydrogen (secondary N) is 1. The molecule has 0 aliphatic rings. The third-order valence-corrected chi connectivity index (χ3v) is 4.12. The normalized spacial score (nSPS) is 14.9. The van der Waals surface area contributed by atoms with E-state index in [-0.39, 0.29) is 0 Å². The number of benzene rings is 1. The summed E-state index contributed by atoms with van der Waals surface area (Å²) < 4.78 is 0. The van der Waals surface area contributed by atoms with E-state index >= 15 is 0 Å². The van der Waals surface area contributed by atoms with E-state index in [0.29, 0.717) is 18.1 Å². The average molecular weight is 283 g/mol. The molecule has 1 N–H and O–H groups in total. The molecule has 0 radical (unpaired) electrons. The van der Waals surface area contributed by atoms with Gasteiger partial charge in [0.15, 0.2) is 0 Å². The van der Waals surface area contributed by atoms with Gasteiger partial charge in [0.25, 0.3) is 0 Å². The van der Waals surface area contributed by atoms with Crippen LogP contribution in [-0.2, 0) is 0 Å². The molecule has 0 aromatic heterocycles. The maximum atomic E-state index is 6.27. The smallest absolute Gasteiger partial charge is 0.0453 e. The van der Waals surface area contributed by atoms with Crippen molar-refractivity contribution in [3.8, 4) is 0 Å². The van der Waals surface area contributed by atoms with E-state index in [9.17, 15) is 0 Å². The standard InChI is InChI=1S/C16H27ClN2/c1-12(2)18-11-10-13(3)19(5)14(4)15-8-6-7-9-16(15)17/h6-9,12-14,18H,10-11H2,1-5H3. The van der Waals surface area contributed by atoms with Crippen molar-refractivity contribution in [2.45, 2.75) is 52.2 Å². The van der Waals surface area contributed by atoms with Crippen molar-refractivity contribution < 1.29 is 0 Å². The molecule has 0 saturated carbocycles. The summed E-state index contributed by atoms with van der Waals surface area (Å²) in [4.78, 5) is 2.39. The Bertz CT molecular complexity index is 379. The highest BCUT2D eigenvalue weighted by Gasteiger charge is 2.18. The molecule has 19 heavy (non-hydrogen) atoms. The molecule has 0 heterocycles. The lowest BCUT2D eigenvalue weighted by Crippen LogP contribution is -2.35. The van der Waals surface area contributed by atoms with Crippen LogP contribution in [0.4, 0.5) is 0 Å². The molecule has 0 saturated heterocycles. The van der Waals surface area contributed by atoms with E-state index in [0.717, 1.165) is 18.0 Å². The number of nitrogens with zero attached hydrogens (tertiary/aromatic N) is 1. The van der Waals surface area contributed by atoms with Crippen LogP contribution in [-0.4, -0.2) is 30.6 Å².